The normalized spacial score (nSPS) is 14.5. The number of rotatable bonds is 12. The maximum Gasteiger partial charge on any atom is 0.122 e. The van der Waals surface area contributed by atoms with E-state index < -0.39 is 0 Å². The first-order chi connectivity index (χ1) is 15.6. The summed E-state index contributed by atoms with van der Waals surface area (Å²) in [5.41, 5.74) is 7.72. The van der Waals surface area contributed by atoms with Crippen LogP contribution in [-0.2, 0) is 17.6 Å². The van der Waals surface area contributed by atoms with Crippen molar-refractivity contribution in [1.82, 2.24) is 0 Å². The average molecular weight is 437 g/mol. The molecule has 0 bridgehead atoms. The molecule has 0 unspecified atom stereocenters. The lowest BCUT2D eigenvalue weighted by atomic mass is 9.82. The van der Waals surface area contributed by atoms with Crippen LogP contribution in [0.5, 0.6) is 5.75 Å². The summed E-state index contributed by atoms with van der Waals surface area (Å²) in [7, 11) is 0. The number of aliphatic hydroxyl groups excluding tert-OH is 1. The maximum atomic E-state index is 9.20. The molecule has 3 heteroatoms. The summed E-state index contributed by atoms with van der Waals surface area (Å²) in [6.45, 7) is 9.77. The molecule has 1 fully saturated rings. The van der Waals surface area contributed by atoms with E-state index >= 15 is 0 Å². The van der Waals surface area contributed by atoms with Gasteiger partial charge in [0.25, 0.3) is 0 Å². The van der Waals surface area contributed by atoms with E-state index in [0.29, 0.717) is 19.8 Å². The van der Waals surface area contributed by atoms with E-state index in [1.165, 1.54) is 59.9 Å². The number of hydrogen-bond acceptors (Lipinski definition) is 3. The van der Waals surface area contributed by atoms with Gasteiger partial charge in [-0.1, -0.05) is 62.6 Å². The average Bonchev–Trinajstić information content (AvgIpc) is 2.83. The van der Waals surface area contributed by atoms with Crippen molar-refractivity contribution < 1.29 is 14.6 Å². The lowest BCUT2D eigenvalue weighted by Crippen LogP contribution is -2.06. The molecule has 0 atom stereocenters. The molecule has 0 radical (unpaired) electrons. The highest BCUT2D eigenvalue weighted by Crippen LogP contribution is 2.36. The monoisotopic (exact) mass is 436 g/mol. The van der Waals surface area contributed by atoms with Gasteiger partial charge in [0.1, 0.15) is 12.4 Å². The topological polar surface area (TPSA) is 38.7 Å². The number of benzene rings is 2. The summed E-state index contributed by atoms with van der Waals surface area (Å²) in [5, 5.41) is 9.20. The highest BCUT2D eigenvalue weighted by atomic mass is 16.5. The summed E-state index contributed by atoms with van der Waals surface area (Å²) in [4.78, 5) is 0. The second-order valence-electron chi connectivity index (χ2n) is 9.11. The van der Waals surface area contributed by atoms with Crippen LogP contribution >= 0.6 is 0 Å². The van der Waals surface area contributed by atoms with E-state index in [2.05, 4.69) is 49.9 Å². The largest absolute Gasteiger partial charge is 0.491 e. The molecule has 3 nitrogen and oxygen atoms in total. The smallest absolute Gasteiger partial charge is 0.122 e. The van der Waals surface area contributed by atoms with Crippen molar-refractivity contribution in [3.8, 4) is 16.9 Å². The Labute approximate surface area is 194 Å². The molecule has 3 rings (SSSR count). The predicted octanol–water partition coefficient (Wildman–Crippen LogP) is 6.86. The van der Waals surface area contributed by atoms with Crippen LogP contribution in [0.1, 0.15) is 75.0 Å². The fourth-order valence-electron chi connectivity index (χ4n) is 4.73. The SMILES string of the molecule is C=C(C)COCCCc1cc(-c2ccc(C3CCCCC3)cc2CC)ccc1OCCO. The third-order valence-electron chi connectivity index (χ3n) is 6.39. The summed E-state index contributed by atoms with van der Waals surface area (Å²) in [6.07, 6.45) is 9.61. The summed E-state index contributed by atoms with van der Waals surface area (Å²) < 4.78 is 11.5. The number of aryl methyl sites for hydroxylation is 2. The van der Waals surface area contributed by atoms with Crippen LogP contribution in [0.25, 0.3) is 11.1 Å². The Morgan fingerprint density at radius 2 is 1.84 bits per heavy atom. The molecule has 1 aliphatic carbocycles. The highest BCUT2D eigenvalue weighted by molar-refractivity contribution is 5.70. The van der Waals surface area contributed by atoms with E-state index in [0.717, 1.165) is 36.5 Å². The molecule has 0 spiro atoms. The first-order valence-electron chi connectivity index (χ1n) is 12.3. The Hall–Kier alpha value is -2.10. The van der Waals surface area contributed by atoms with Crippen LogP contribution < -0.4 is 4.74 Å². The van der Waals surface area contributed by atoms with Crippen LogP contribution in [-0.4, -0.2) is 31.5 Å². The lowest BCUT2D eigenvalue weighted by Gasteiger charge is -2.23. The molecule has 0 saturated heterocycles. The van der Waals surface area contributed by atoms with Crippen LogP contribution in [0.15, 0.2) is 48.6 Å². The molecule has 0 amide bonds. The molecule has 174 valence electrons. The Kier molecular flexibility index (Phi) is 9.83. The molecule has 32 heavy (non-hydrogen) atoms. The van der Waals surface area contributed by atoms with Gasteiger partial charge >= 0.3 is 0 Å². The van der Waals surface area contributed by atoms with Crippen molar-refractivity contribution in [2.75, 3.05) is 26.4 Å². The van der Waals surface area contributed by atoms with Crippen LogP contribution in [0.2, 0.25) is 0 Å². The van der Waals surface area contributed by atoms with E-state index in [1.807, 2.05) is 6.92 Å². The zero-order chi connectivity index (χ0) is 22.8. The van der Waals surface area contributed by atoms with Gasteiger partial charge in [-0.05, 0) is 84.9 Å². The predicted molar refractivity (Wildman–Crippen MR) is 134 cm³/mol. The van der Waals surface area contributed by atoms with Crippen molar-refractivity contribution >= 4 is 0 Å². The van der Waals surface area contributed by atoms with Gasteiger partial charge in [0.05, 0.1) is 13.2 Å². The van der Waals surface area contributed by atoms with Gasteiger partial charge in [-0.15, -0.1) is 0 Å². The van der Waals surface area contributed by atoms with Gasteiger partial charge < -0.3 is 14.6 Å². The van der Waals surface area contributed by atoms with E-state index in [9.17, 15) is 5.11 Å². The number of ether oxygens (including phenoxy) is 2. The van der Waals surface area contributed by atoms with Crippen LogP contribution in [0.3, 0.4) is 0 Å². The molecule has 1 aliphatic rings. The van der Waals surface area contributed by atoms with Crippen molar-refractivity contribution in [3.63, 3.8) is 0 Å². The Bertz CT molecular complexity index is 865. The van der Waals surface area contributed by atoms with Gasteiger partial charge in [0.2, 0.25) is 0 Å². The molecular weight excluding hydrogens is 396 g/mol. The van der Waals surface area contributed by atoms with Gasteiger partial charge in [0, 0.05) is 6.61 Å². The third-order valence-corrected chi connectivity index (χ3v) is 6.39. The van der Waals surface area contributed by atoms with E-state index in [-0.39, 0.29) is 6.61 Å². The fourth-order valence-corrected chi connectivity index (χ4v) is 4.73. The highest BCUT2D eigenvalue weighted by Gasteiger charge is 2.17. The van der Waals surface area contributed by atoms with Gasteiger partial charge in [-0.25, -0.2) is 0 Å². The van der Waals surface area contributed by atoms with Crippen LogP contribution in [0.4, 0.5) is 0 Å². The number of aliphatic hydroxyl groups is 1. The summed E-state index contributed by atoms with van der Waals surface area (Å²) in [6, 6.07) is 13.6. The zero-order valence-electron chi connectivity index (χ0n) is 20.0. The van der Waals surface area contributed by atoms with Gasteiger partial charge in [0.15, 0.2) is 0 Å². The fraction of sp³-hybridized carbons (Fsp3) is 0.517. The molecule has 1 saturated carbocycles. The molecule has 0 heterocycles. The van der Waals surface area contributed by atoms with Crippen molar-refractivity contribution in [3.05, 3.63) is 65.2 Å². The summed E-state index contributed by atoms with van der Waals surface area (Å²) >= 11 is 0. The van der Waals surface area contributed by atoms with Crippen molar-refractivity contribution in [2.45, 2.75) is 71.1 Å². The second kappa shape index (κ2) is 12.8. The van der Waals surface area contributed by atoms with E-state index in [4.69, 9.17) is 9.47 Å². The van der Waals surface area contributed by atoms with Gasteiger partial charge in [-0.2, -0.15) is 0 Å². The molecule has 2 aromatic rings. The Balaban J connectivity index is 1.80. The minimum absolute atomic E-state index is 0.0194. The minimum atomic E-state index is 0.0194. The first kappa shape index (κ1) is 24.5. The van der Waals surface area contributed by atoms with Crippen molar-refractivity contribution in [2.24, 2.45) is 0 Å². The zero-order valence-corrected chi connectivity index (χ0v) is 20.0. The second-order valence-corrected chi connectivity index (χ2v) is 9.11. The molecule has 2 aromatic carbocycles. The number of hydrogen-bond donors (Lipinski definition) is 1. The maximum absolute atomic E-state index is 9.20. The first-order valence-corrected chi connectivity index (χ1v) is 12.3. The van der Waals surface area contributed by atoms with E-state index in [1.54, 1.807) is 0 Å². The van der Waals surface area contributed by atoms with Crippen LogP contribution in [0, 0.1) is 0 Å². The molecule has 0 aromatic heterocycles. The van der Waals surface area contributed by atoms with Gasteiger partial charge in [-0.3, -0.25) is 0 Å². The molecule has 1 N–H and O–H groups in total. The third kappa shape index (κ3) is 6.95. The molecular formula is C29H40O3. The standard InChI is InChI=1S/C29H40O3/c1-4-23-19-25(24-9-6-5-7-10-24)12-14-28(23)26-13-15-29(32-18-16-30)27(20-26)11-8-17-31-21-22(2)3/h12-15,19-20,24,30H,2,4-11,16-18,21H2,1,3H3. The summed E-state index contributed by atoms with van der Waals surface area (Å²) in [5.74, 6) is 1.59. The Morgan fingerprint density at radius 3 is 2.56 bits per heavy atom. The minimum Gasteiger partial charge on any atom is -0.491 e. The Morgan fingerprint density at radius 1 is 1.03 bits per heavy atom. The lowest BCUT2D eigenvalue weighted by molar-refractivity contribution is 0.153. The quantitative estimate of drug-likeness (QED) is 0.292. The molecule has 0 aliphatic heterocycles. The van der Waals surface area contributed by atoms with Crippen molar-refractivity contribution in [1.29, 1.82) is 0 Å².